The monoisotopic (exact) mass is 331 g/mol. The van der Waals surface area contributed by atoms with Gasteiger partial charge < -0.3 is 0 Å². The fourth-order valence-electron chi connectivity index (χ4n) is 6.91. The molecule has 0 aliphatic heterocycles. The highest BCUT2D eigenvalue weighted by Crippen LogP contribution is 2.63. The third kappa shape index (κ3) is 2.16. The van der Waals surface area contributed by atoms with Crippen LogP contribution in [0.1, 0.15) is 56.6 Å². The normalized spacial score (nSPS) is 41.2. The Kier molecular flexibility index (Phi) is 2.85. The van der Waals surface area contributed by atoms with Gasteiger partial charge in [0.15, 0.2) is 0 Å². The maximum absolute atomic E-state index is 13.5. The predicted octanol–water partition coefficient (Wildman–Crippen LogP) is 5.12. The fraction of sp³-hybridized carbons (Fsp3) is 0.565. The number of Topliss-reactive ketones (excluding diaryl/α,β-unsaturated/α-hetero) is 1. The summed E-state index contributed by atoms with van der Waals surface area (Å²) in [6.07, 6.45) is 8.86. The quantitative estimate of drug-likeness (QED) is 0.781. The number of para-hydroxylation sites is 1. The van der Waals surface area contributed by atoms with Crippen molar-refractivity contribution < 1.29 is 4.79 Å². The highest BCUT2D eigenvalue weighted by Gasteiger charge is 2.59. The summed E-state index contributed by atoms with van der Waals surface area (Å²) in [5, 5.41) is 1.19. The molecule has 2 nitrogen and oxygen atoms in total. The Balaban J connectivity index is 1.27. The summed E-state index contributed by atoms with van der Waals surface area (Å²) in [6.45, 7) is 0. The van der Waals surface area contributed by atoms with Crippen LogP contribution in [0.2, 0.25) is 0 Å². The van der Waals surface area contributed by atoms with E-state index < -0.39 is 0 Å². The molecule has 25 heavy (non-hydrogen) atoms. The van der Waals surface area contributed by atoms with Gasteiger partial charge >= 0.3 is 0 Å². The van der Waals surface area contributed by atoms with Gasteiger partial charge in [0.2, 0.25) is 0 Å². The molecule has 0 amide bonds. The van der Waals surface area contributed by atoms with E-state index >= 15 is 0 Å². The van der Waals surface area contributed by atoms with Crippen molar-refractivity contribution in [1.29, 1.82) is 0 Å². The molecule has 0 N–H and O–H groups in total. The molecule has 2 aromatic rings. The molecule has 7 rings (SSSR count). The summed E-state index contributed by atoms with van der Waals surface area (Å²) >= 11 is 0. The predicted molar refractivity (Wildman–Crippen MR) is 98.2 cm³/mol. The maximum atomic E-state index is 13.5. The van der Waals surface area contributed by atoms with Crippen LogP contribution in [0.3, 0.4) is 0 Å². The van der Waals surface area contributed by atoms with Crippen molar-refractivity contribution in [2.24, 2.45) is 29.1 Å². The molecule has 2 heteroatoms. The van der Waals surface area contributed by atoms with E-state index in [4.69, 9.17) is 4.98 Å². The van der Waals surface area contributed by atoms with E-state index in [1.807, 2.05) is 6.07 Å². The molecule has 0 saturated heterocycles. The lowest BCUT2D eigenvalue weighted by Crippen LogP contribution is -2.50. The fourth-order valence-corrected chi connectivity index (χ4v) is 6.91. The van der Waals surface area contributed by atoms with Crippen LogP contribution < -0.4 is 0 Å². The highest BCUT2D eigenvalue weighted by molar-refractivity contribution is 5.91. The number of hydrogen-bond donors (Lipinski definition) is 0. The van der Waals surface area contributed by atoms with Crippen LogP contribution in [0.15, 0.2) is 36.4 Å². The number of hydrogen-bond acceptors (Lipinski definition) is 2. The lowest BCUT2D eigenvalue weighted by Gasteiger charge is -2.56. The van der Waals surface area contributed by atoms with E-state index in [2.05, 4.69) is 30.3 Å². The van der Waals surface area contributed by atoms with Gasteiger partial charge in [-0.25, -0.2) is 0 Å². The van der Waals surface area contributed by atoms with E-state index in [0.717, 1.165) is 35.4 Å². The first-order chi connectivity index (χ1) is 12.2. The summed E-state index contributed by atoms with van der Waals surface area (Å²) in [6, 6.07) is 12.6. The van der Waals surface area contributed by atoms with E-state index in [9.17, 15) is 4.79 Å². The average molecular weight is 331 g/mol. The van der Waals surface area contributed by atoms with Crippen LogP contribution in [0.4, 0.5) is 0 Å². The van der Waals surface area contributed by atoms with E-state index in [-0.39, 0.29) is 11.3 Å². The maximum Gasteiger partial charge on any atom is 0.142 e. The number of aromatic nitrogens is 1. The van der Waals surface area contributed by atoms with Crippen molar-refractivity contribution in [3.8, 4) is 0 Å². The SMILES string of the molecule is O=C(C1CC1c1ccc2ccccc2n1)C12CC3CC(CC(C3)C1)C2. The molecule has 2 atom stereocenters. The first kappa shape index (κ1) is 14.5. The molecule has 0 spiro atoms. The molecule has 4 bridgehead atoms. The first-order valence-corrected chi connectivity index (χ1v) is 10.1. The van der Waals surface area contributed by atoms with Crippen LogP contribution in [-0.4, -0.2) is 10.8 Å². The molecular formula is C23H25NO. The van der Waals surface area contributed by atoms with Crippen LogP contribution >= 0.6 is 0 Å². The van der Waals surface area contributed by atoms with E-state index in [1.165, 1.54) is 43.9 Å². The number of rotatable bonds is 3. The van der Waals surface area contributed by atoms with Gasteiger partial charge in [0.1, 0.15) is 5.78 Å². The molecule has 1 aromatic carbocycles. The molecule has 5 saturated carbocycles. The standard InChI is InChI=1S/C23H25NO/c25-22(23-11-14-7-15(12-23)9-16(8-14)13-23)19-10-18(19)21-6-5-17-3-1-2-4-20(17)24-21/h1-6,14-16,18-19H,7-13H2. The van der Waals surface area contributed by atoms with Crippen LogP contribution in [0.25, 0.3) is 10.9 Å². The number of fused-ring (bicyclic) bond motifs is 1. The zero-order valence-corrected chi connectivity index (χ0v) is 14.7. The number of nitrogens with zero attached hydrogens (tertiary/aromatic N) is 1. The molecule has 5 fully saturated rings. The Labute approximate surface area is 149 Å². The van der Waals surface area contributed by atoms with Crippen molar-refractivity contribution in [3.63, 3.8) is 0 Å². The van der Waals surface area contributed by atoms with Gasteiger partial charge in [-0.2, -0.15) is 0 Å². The third-order valence-corrected chi connectivity index (χ3v) is 7.69. The summed E-state index contributed by atoms with van der Waals surface area (Å²) < 4.78 is 0. The van der Waals surface area contributed by atoms with Gasteiger partial charge in [-0.05, 0) is 74.8 Å². The Morgan fingerprint density at radius 3 is 2.28 bits per heavy atom. The Bertz CT molecular complexity index is 834. The minimum atomic E-state index is 0.0605. The molecule has 0 radical (unpaired) electrons. The van der Waals surface area contributed by atoms with Crippen molar-refractivity contribution in [2.45, 2.75) is 50.9 Å². The second kappa shape index (κ2) is 4.93. The Morgan fingerprint density at radius 1 is 0.880 bits per heavy atom. The number of carbonyl (C=O) groups excluding carboxylic acids is 1. The molecule has 1 heterocycles. The number of ketones is 1. The van der Waals surface area contributed by atoms with Crippen LogP contribution in [0, 0.1) is 29.1 Å². The summed E-state index contributed by atoms with van der Waals surface area (Å²) in [5.74, 6) is 3.81. The third-order valence-electron chi connectivity index (χ3n) is 7.69. The number of benzene rings is 1. The van der Waals surface area contributed by atoms with Crippen LogP contribution in [-0.2, 0) is 4.79 Å². The molecule has 5 aliphatic carbocycles. The lowest BCUT2D eigenvalue weighted by molar-refractivity contribution is -0.145. The van der Waals surface area contributed by atoms with Crippen molar-refractivity contribution in [2.75, 3.05) is 0 Å². The smallest absolute Gasteiger partial charge is 0.142 e. The van der Waals surface area contributed by atoms with Gasteiger partial charge in [-0.15, -0.1) is 0 Å². The van der Waals surface area contributed by atoms with Crippen LogP contribution in [0.5, 0.6) is 0 Å². The Morgan fingerprint density at radius 2 is 1.56 bits per heavy atom. The van der Waals surface area contributed by atoms with Crippen molar-refractivity contribution >= 4 is 16.7 Å². The first-order valence-electron chi connectivity index (χ1n) is 10.1. The Hall–Kier alpha value is -1.70. The minimum absolute atomic E-state index is 0.0605. The van der Waals surface area contributed by atoms with Gasteiger partial charge in [0.05, 0.1) is 5.52 Å². The van der Waals surface area contributed by atoms with Gasteiger partial charge in [-0.3, -0.25) is 9.78 Å². The number of carbonyl (C=O) groups is 1. The van der Waals surface area contributed by atoms with Gasteiger partial charge in [-0.1, -0.05) is 24.3 Å². The molecule has 5 aliphatic rings. The molecular weight excluding hydrogens is 306 g/mol. The summed E-state index contributed by atoms with van der Waals surface area (Å²) in [4.78, 5) is 18.3. The van der Waals surface area contributed by atoms with Crippen molar-refractivity contribution in [3.05, 3.63) is 42.1 Å². The van der Waals surface area contributed by atoms with E-state index in [0.29, 0.717) is 11.7 Å². The molecule has 128 valence electrons. The average Bonchev–Trinajstić information content (AvgIpc) is 3.40. The highest BCUT2D eigenvalue weighted by atomic mass is 16.1. The van der Waals surface area contributed by atoms with Crippen molar-refractivity contribution in [1.82, 2.24) is 4.98 Å². The molecule has 2 unspecified atom stereocenters. The van der Waals surface area contributed by atoms with E-state index in [1.54, 1.807) is 0 Å². The second-order valence-corrected chi connectivity index (χ2v) is 9.44. The number of pyridine rings is 1. The lowest BCUT2D eigenvalue weighted by atomic mass is 9.48. The summed E-state index contributed by atoms with van der Waals surface area (Å²) in [7, 11) is 0. The summed E-state index contributed by atoms with van der Waals surface area (Å²) in [5.41, 5.74) is 2.26. The molecule has 1 aromatic heterocycles. The second-order valence-electron chi connectivity index (χ2n) is 9.44. The minimum Gasteiger partial charge on any atom is -0.299 e. The van der Waals surface area contributed by atoms with Gasteiger partial charge in [0.25, 0.3) is 0 Å². The largest absolute Gasteiger partial charge is 0.299 e. The topological polar surface area (TPSA) is 30.0 Å². The van der Waals surface area contributed by atoms with Gasteiger partial charge in [0, 0.05) is 28.3 Å². The zero-order valence-electron chi connectivity index (χ0n) is 14.7. The zero-order chi connectivity index (χ0) is 16.6.